The minimum absolute atomic E-state index is 0.118. The van der Waals surface area contributed by atoms with Gasteiger partial charge in [0.1, 0.15) is 11.0 Å². The molecule has 0 saturated carbocycles. The summed E-state index contributed by atoms with van der Waals surface area (Å²) in [4.78, 5) is 12.6. The Morgan fingerprint density at radius 3 is 2.42 bits per heavy atom. The van der Waals surface area contributed by atoms with E-state index in [4.69, 9.17) is 0 Å². The zero-order chi connectivity index (χ0) is 17.7. The standard InChI is InChI=1S/C15H20N4O3S2/c1-4-12-17-18-15(23-12)16-14(20)13(10(2)3)19-24(21,22)11-8-6-5-7-9-11/h5-10,13,19H,4H2,1-3H3,(H,16,18,20). The fourth-order valence-corrected chi connectivity index (χ4v) is 4.00. The molecule has 9 heteroatoms. The van der Waals surface area contributed by atoms with Crippen molar-refractivity contribution in [2.24, 2.45) is 5.92 Å². The molecule has 130 valence electrons. The number of benzene rings is 1. The maximum absolute atomic E-state index is 12.5. The van der Waals surface area contributed by atoms with Gasteiger partial charge in [0, 0.05) is 0 Å². The molecule has 2 N–H and O–H groups in total. The van der Waals surface area contributed by atoms with Crippen molar-refractivity contribution in [1.82, 2.24) is 14.9 Å². The van der Waals surface area contributed by atoms with Crippen LogP contribution in [0.25, 0.3) is 0 Å². The van der Waals surface area contributed by atoms with Crippen molar-refractivity contribution < 1.29 is 13.2 Å². The predicted octanol–water partition coefficient (Wildman–Crippen LogP) is 2.04. The van der Waals surface area contributed by atoms with Gasteiger partial charge >= 0.3 is 0 Å². The van der Waals surface area contributed by atoms with Crippen LogP contribution in [0, 0.1) is 5.92 Å². The average molecular weight is 368 g/mol. The van der Waals surface area contributed by atoms with E-state index in [0.717, 1.165) is 11.4 Å². The average Bonchev–Trinajstić information content (AvgIpc) is 3.00. The zero-order valence-electron chi connectivity index (χ0n) is 13.7. The minimum atomic E-state index is -3.78. The second-order valence-corrected chi connectivity index (χ2v) is 8.28. The van der Waals surface area contributed by atoms with Crippen LogP contribution in [0.2, 0.25) is 0 Å². The molecule has 2 aromatic rings. The first-order valence-electron chi connectivity index (χ1n) is 7.54. The van der Waals surface area contributed by atoms with E-state index in [9.17, 15) is 13.2 Å². The molecular weight excluding hydrogens is 348 g/mol. The molecule has 0 fully saturated rings. The number of amides is 1. The van der Waals surface area contributed by atoms with Gasteiger partial charge in [-0.05, 0) is 24.5 Å². The summed E-state index contributed by atoms with van der Waals surface area (Å²) >= 11 is 1.27. The van der Waals surface area contributed by atoms with Crippen LogP contribution in [0.5, 0.6) is 0 Å². The van der Waals surface area contributed by atoms with Gasteiger partial charge in [-0.3, -0.25) is 10.1 Å². The lowest BCUT2D eigenvalue weighted by Gasteiger charge is -2.20. The van der Waals surface area contributed by atoms with Crippen molar-refractivity contribution in [3.05, 3.63) is 35.3 Å². The van der Waals surface area contributed by atoms with Gasteiger partial charge in [-0.1, -0.05) is 50.3 Å². The number of hydrogen-bond acceptors (Lipinski definition) is 6. The highest BCUT2D eigenvalue weighted by molar-refractivity contribution is 7.89. The quantitative estimate of drug-likeness (QED) is 0.779. The Hall–Kier alpha value is -1.84. The summed E-state index contributed by atoms with van der Waals surface area (Å²) < 4.78 is 27.3. The van der Waals surface area contributed by atoms with Gasteiger partial charge in [0.05, 0.1) is 4.90 Å². The van der Waals surface area contributed by atoms with E-state index >= 15 is 0 Å². The second kappa shape index (κ2) is 7.82. The third kappa shape index (κ3) is 4.59. The first kappa shape index (κ1) is 18.5. The second-order valence-electron chi connectivity index (χ2n) is 5.50. The van der Waals surface area contributed by atoms with Crippen molar-refractivity contribution >= 4 is 32.4 Å². The lowest BCUT2D eigenvalue weighted by Crippen LogP contribution is -2.47. The van der Waals surface area contributed by atoms with Crippen LogP contribution >= 0.6 is 11.3 Å². The van der Waals surface area contributed by atoms with E-state index in [1.807, 2.05) is 6.92 Å². The SMILES string of the molecule is CCc1nnc(NC(=O)C(NS(=O)(=O)c2ccccc2)C(C)C)s1. The number of aromatic nitrogens is 2. The molecule has 1 atom stereocenters. The monoisotopic (exact) mass is 368 g/mol. The van der Waals surface area contributed by atoms with E-state index < -0.39 is 22.0 Å². The molecular formula is C15H20N4O3S2. The highest BCUT2D eigenvalue weighted by atomic mass is 32.2. The van der Waals surface area contributed by atoms with E-state index in [2.05, 4.69) is 20.2 Å². The van der Waals surface area contributed by atoms with E-state index in [1.165, 1.54) is 23.5 Å². The summed E-state index contributed by atoms with van der Waals surface area (Å²) in [5.41, 5.74) is 0. The van der Waals surface area contributed by atoms with Crippen molar-refractivity contribution in [2.45, 2.75) is 38.1 Å². The maximum atomic E-state index is 12.5. The number of rotatable bonds is 7. The van der Waals surface area contributed by atoms with Crippen molar-refractivity contribution in [3.8, 4) is 0 Å². The van der Waals surface area contributed by atoms with Gasteiger partial charge < -0.3 is 0 Å². The number of aryl methyl sites for hydroxylation is 1. The first-order chi connectivity index (χ1) is 11.3. The number of hydrogen-bond donors (Lipinski definition) is 2. The van der Waals surface area contributed by atoms with Crippen molar-refractivity contribution in [3.63, 3.8) is 0 Å². The summed E-state index contributed by atoms with van der Waals surface area (Å²) in [6.45, 7) is 5.49. The van der Waals surface area contributed by atoms with Gasteiger partial charge in [-0.25, -0.2) is 8.42 Å². The smallest absolute Gasteiger partial charge is 0.244 e. The molecule has 24 heavy (non-hydrogen) atoms. The zero-order valence-corrected chi connectivity index (χ0v) is 15.3. The molecule has 1 aromatic heterocycles. The largest absolute Gasteiger partial charge is 0.299 e. The Labute approximate surface area is 145 Å². The molecule has 0 aliphatic heterocycles. The number of sulfonamides is 1. The van der Waals surface area contributed by atoms with Crippen LogP contribution in [0.4, 0.5) is 5.13 Å². The first-order valence-corrected chi connectivity index (χ1v) is 9.84. The molecule has 1 unspecified atom stereocenters. The normalized spacial score (nSPS) is 13.0. The van der Waals surface area contributed by atoms with Crippen molar-refractivity contribution in [1.29, 1.82) is 0 Å². The molecule has 2 rings (SSSR count). The van der Waals surface area contributed by atoms with E-state index in [-0.39, 0.29) is 10.8 Å². The molecule has 1 aromatic carbocycles. The van der Waals surface area contributed by atoms with Crippen LogP contribution in [0.1, 0.15) is 25.8 Å². The summed E-state index contributed by atoms with van der Waals surface area (Å²) in [7, 11) is -3.78. The minimum Gasteiger partial charge on any atom is -0.299 e. The molecule has 0 saturated heterocycles. The number of carbonyl (C=O) groups excluding carboxylic acids is 1. The predicted molar refractivity (Wildman–Crippen MR) is 93.3 cm³/mol. The molecule has 7 nitrogen and oxygen atoms in total. The van der Waals surface area contributed by atoms with Gasteiger partial charge in [-0.15, -0.1) is 10.2 Å². The summed E-state index contributed by atoms with van der Waals surface area (Å²) in [5.74, 6) is -0.689. The van der Waals surface area contributed by atoms with Crippen LogP contribution in [-0.4, -0.2) is 30.6 Å². The number of carbonyl (C=O) groups is 1. The molecule has 1 heterocycles. The molecule has 0 bridgehead atoms. The van der Waals surface area contributed by atoms with Crippen molar-refractivity contribution in [2.75, 3.05) is 5.32 Å². The van der Waals surface area contributed by atoms with Crippen LogP contribution in [0.15, 0.2) is 35.2 Å². The summed E-state index contributed by atoms with van der Waals surface area (Å²) in [6.07, 6.45) is 0.724. The van der Waals surface area contributed by atoms with Gasteiger partial charge in [-0.2, -0.15) is 4.72 Å². The van der Waals surface area contributed by atoms with Gasteiger partial charge in [0.25, 0.3) is 0 Å². The number of nitrogens with zero attached hydrogens (tertiary/aromatic N) is 2. The fourth-order valence-electron chi connectivity index (χ4n) is 1.96. The van der Waals surface area contributed by atoms with Gasteiger partial charge in [0.15, 0.2) is 0 Å². The maximum Gasteiger partial charge on any atom is 0.244 e. The fraction of sp³-hybridized carbons (Fsp3) is 0.400. The molecule has 0 aliphatic carbocycles. The Morgan fingerprint density at radius 1 is 1.21 bits per heavy atom. The highest BCUT2D eigenvalue weighted by Gasteiger charge is 2.29. The van der Waals surface area contributed by atoms with E-state index in [1.54, 1.807) is 32.0 Å². The summed E-state index contributed by atoms with van der Waals surface area (Å²) in [5, 5.41) is 11.6. The molecule has 1 amide bonds. The Balaban J connectivity index is 2.15. The lowest BCUT2D eigenvalue weighted by atomic mass is 10.1. The Morgan fingerprint density at radius 2 is 1.88 bits per heavy atom. The highest BCUT2D eigenvalue weighted by Crippen LogP contribution is 2.17. The van der Waals surface area contributed by atoms with Crippen LogP contribution in [0.3, 0.4) is 0 Å². The Bertz CT molecular complexity index is 788. The number of anilines is 1. The number of nitrogens with one attached hydrogen (secondary N) is 2. The topological polar surface area (TPSA) is 101 Å². The third-order valence-corrected chi connectivity index (χ3v) is 5.72. The van der Waals surface area contributed by atoms with Crippen LogP contribution < -0.4 is 10.0 Å². The third-order valence-electron chi connectivity index (χ3n) is 3.28. The molecule has 0 aliphatic rings. The Kier molecular flexibility index (Phi) is 6.03. The van der Waals surface area contributed by atoms with E-state index in [0.29, 0.717) is 5.13 Å². The van der Waals surface area contributed by atoms with Gasteiger partial charge in [0.2, 0.25) is 21.1 Å². The molecule has 0 spiro atoms. The molecule has 0 radical (unpaired) electrons. The summed E-state index contributed by atoms with van der Waals surface area (Å²) in [6, 6.07) is 7.04. The van der Waals surface area contributed by atoms with Crippen LogP contribution in [-0.2, 0) is 21.2 Å². The lowest BCUT2D eigenvalue weighted by molar-refractivity contribution is -0.118.